The van der Waals surface area contributed by atoms with Crippen molar-refractivity contribution in [2.45, 2.75) is 25.3 Å². The summed E-state index contributed by atoms with van der Waals surface area (Å²) in [5.74, 6) is 1.45. The van der Waals surface area contributed by atoms with Gasteiger partial charge in [0.1, 0.15) is 0 Å². The molecule has 0 aromatic heterocycles. The monoisotopic (exact) mass is 273 g/mol. The number of rotatable bonds is 7. The number of piperidine rings is 1. The first kappa shape index (κ1) is 15.8. The van der Waals surface area contributed by atoms with Crippen molar-refractivity contribution in [3.05, 3.63) is 0 Å². The van der Waals surface area contributed by atoms with Crippen LogP contribution >= 0.6 is 11.8 Å². The Morgan fingerprint density at radius 2 is 2.06 bits per heavy atom. The van der Waals surface area contributed by atoms with Crippen molar-refractivity contribution in [2.24, 2.45) is 0 Å². The van der Waals surface area contributed by atoms with Crippen LogP contribution in [0.25, 0.3) is 0 Å². The van der Waals surface area contributed by atoms with Crippen LogP contribution in [-0.4, -0.2) is 74.0 Å². The number of amides is 1. The molecule has 18 heavy (non-hydrogen) atoms. The maximum atomic E-state index is 11.6. The summed E-state index contributed by atoms with van der Waals surface area (Å²) in [5, 5.41) is 3.62. The van der Waals surface area contributed by atoms with Gasteiger partial charge >= 0.3 is 0 Å². The molecule has 1 saturated heterocycles. The van der Waals surface area contributed by atoms with E-state index in [9.17, 15) is 4.79 Å². The molecular formula is C13H27N3OS. The van der Waals surface area contributed by atoms with Gasteiger partial charge in [-0.3, -0.25) is 9.69 Å². The minimum absolute atomic E-state index is 0.210. The van der Waals surface area contributed by atoms with Gasteiger partial charge < -0.3 is 10.2 Å². The second-order valence-corrected chi connectivity index (χ2v) is 6.12. The molecule has 1 aliphatic heterocycles. The molecule has 1 heterocycles. The molecule has 4 nitrogen and oxygen atoms in total. The van der Waals surface area contributed by atoms with Crippen molar-refractivity contribution in [2.75, 3.05) is 52.3 Å². The number of carbonyl (C=O) groups excluding carboxylic acids is 1. The molecular weight excluding hydrogens is 246 g/mol. The smallest absolute Gasteiger partial charge is 0.236 e. The molecule has 0 bridgehead atoms. The summed E-state index contributed by atoms with van der Waals surface area (Å²) in [5.41, 5.74) is 0. The molecule has 0 radical (unpaired) electrons. The first-order valence-corrected chi connectivity index (χ1v) is 8.17. The van der Waals surface area contributed by atoms with Gasteiger partial charge in [0.25, 0.3) is 0 Å². The maximum absolute atomic E-state index is 11.6. The zero-order chi connectivity index (χ0) is 13.4. The fraction of sp³-hybridized carbons (Fsp3) is 0.923. The van der Waals surface area contributed by atoms with Crippen LogP contribution in [0.1, 0.15) is 19.3 Å². The number of hydrogen-bond acceptors (Lipinski definition) is 4. The minimum Gasteiger partial charge on any atom is -0.348 e. The molecule has 0 aromatic rings. The molecule has 5 heteroatoms. The standard InChI is InChI=1S/C13H27N3OS/c1-15(2)13(17)11-16-8-5-12(6-9-16)14-7-4-10-18-3/h12,14H,4-11H2,1-3H3. The van der Waals surface area contributed by atoms with E-state index in [1.807, 2.05) is 25.9 Å². The van der Waals surface area contributed by atoms with Crippen LogP contribution in [0.4, 0.5) is 0 Å². The molecule has 0 saturated carbocycles. The van der Waals surface area contributed by atoms with Crippen molar-refractivity contribution >= 4 is 17.7 Å². The number of carbonyl (C=O) groups is 1. The Morgan fingerprint density at radius 3 is 2.61 bits per heavy atom. The van der Waals surface area contributed by atoms with Gasteiger partial charge in [0.15, 0.2) is 0 Å². The van der Waals surface area contributed by atoms with Crippen LogP contribution in [0.3, 0.4) is 0 Å². The van der Waals surface area contributed by atoms with Gasteiger partial charge in [-0.1, -0.05) is 0 Å². The average molecular weight is 273 g/mol. The molecule has 0 spiro atoms. The fourth-order valence-electron chi connectivity index (χ4n) is 2.15. The van der Waals surface area contributed by atoms with Crippen molar-refractivity contribution in [1.82, 2.24) is 15.1 Å². The highest BCUT2D eigenvalue weighted by Gasteiger charge is 2.20. The van der Waals surface area contributed by atoms with Gasteiger partial charge in [0, 0.05) is 33.2 Å². The third kappa shape index (κ3) is 6.07. The summed E-state index contributed by atoms with van der Waals surface area (Å²) in [6, 6.07) is 0.651. The molecule has 106 valence electrons. The van der Waals surface area contributed by atoms with E-state index in [4.69, 9.17) is 0 Å². The minimum atomic E-state index is 0.210. The Labute approximate surface area is 115 Å². The highest BCUT2D eigenvalue weighted by Crippen LogP contribution is 2.10. The zero-order valence-corrected chi connectivity index (χ0v) is 12.8. The van der Waals surface area contributed by atoms with Crippen molar-refractivity contribution in [1.29, 1.82) is 0 Å². The second-order valence-electron chi connectivity index (χ2n) is 5.14. The number of thioether (sulfide) groups is 1. The van der Waals surface area contributed by atoms with Crippen molar-refractivity contribution in [3.8, 4) is 0 Å². The van der Waals surface area contributed by atoms with E-state index in [0.29, 0.717) is 12.6 Å². The number of likely N-dealkylation sites (tertiary alicyclic amines) is 1. The summed E-state index contributed by atoms with van der Waals surface area (Å²) in [4.78, 5) is 15.5. The predicted octanol–water partition coefficient (Wildman–Crippen LogP) is 0.882. The molecule has 0 atom stereocenters. The highest BCUT2D eigenvalue weighted by molar-refractivity contribution is 7.98. The summed E-state index contributed by atoms with van der Waals surface area (Å²) < 4.78 is 0. The van der Waals surface area contributed by atoms with Crippen LogP contribution in [0, 0.1) is 0 Å². The average Bonchev–Trinajstić information content (AvgIpc) is 2.36. The van der Waals surface area contributed by atoms with E-state index in [1.54, 1.807) is 4.90 Å². The van der Waals surface area contributed by atoms with Crippen LogP contribution in [-0.2, 0) is 4.79 Å². The van der Waals surface area contributed by atoms with Crippen LogP contribution in [0.2, 0.25) is 0 Å². The summed E-state index contributed by atoms with van der Waals surface area (Å²) in [6.07, 6.45) is 5.74. The first-order chi connectivity index (χ1) is 8.63. The number of likely N-dealkylation sites (N-methyl/N-ethyl adjacent to an activating group) is 1. The van der Waals surface area contributed by atoms with Crippen LogP contribution in [0.15, 0.2) is 0 Å². The Balaban J connectivity index is 2.11. The highest BCUT2D eigenvalue weighted by atomic mass is 32.2. The van der Waals surface area contributed by atoms with Gasteiger partial charge in [0.2, 0.25) is 5.91 Å². The Morgan fingerprint density at radius 1 is 1.39 bits per heavy atom. The SMILES string of the molecule is CSCCCNC1CCN(CC(=O)N(C)C)CC1. The Bertz CT molecular complexity index is 240. The van der Waals surface area contributed by atoms with Crippen LogP contribution < -0.4 is 5.32 Å². The van der Waals surface area contributed by atoms with Crippen molar-refractivity contribution < 1.29 is 4.79 Å². The lowest BCUT2D eigenvalue weighted by Crippen LogP contribution is -2.46. The molecule has 1 N–H and O–H groups in total. The molecule has 1 rings (SSSR count). The number of hydrogen-bond donors (Lipinski definition) is 1. The van der Waals surface area contributed by atoms with E-state index in [-0.39, 0.29) is 5.91 Å². The van der Waals surface area contributed by atoms with Gasteiger partial charge in [-0.05, 0) is 37.8 Å². The predicted molar refractivity (Wildman–Crippen MR) is 79.2 cm³/mol. The van der Waals surface area contributed by atoms with Crippen LogP contribution in [0.5, 0.6) is 0 Å². The lowest BCUT2D eigenvalue weighted by molar-refractivity contribution is -0.130. The van der Waals surface area contributed by atoms with E-state index < -0.39 is 0 Å². The normalized spacial score (nSPS) is 17.9. The molecule has 0 unspecified atom stereocenters. The summed E-state index contributed by atoms with van der Waals surface area (Å²) in [6.45, 7) is 3.79. The molecule has 0 aromatic carbocycles. The molecule has 1 amide bonds. The molecule has 0 aliphatic carbocycles. The van der Waals surface area contributed by atoms with Gasteiger partial charge in [0.05, 0.1) is 6.54 Å². The van der Waals surface area contributed by atoms with Crippen molar-refractivity contribution in [3.63, 3.8) is 0 Å². The summed E-state index contributed by atoms with van der Waals surface area (Å²) in [7, 11) is 3.64. The molecule has 1 fully saturated rings. The topological polar surface area (TPSA) is 35.6 Å². The Kier molecular flexibility index (Phi) is 7.70. The maximum Gasteiger partial charge on any atom is 0.236 e. The fourth-order valence-corrected chi connectivity index (χ4v) is 2.58. The van der Waals surface area contributed by atoms with Gasteiger partial charge in [-0.2, -0.15) is 11.8 Å². The third-order valence-electron chi connectivity index (χ3n) is 3.40. The largest absolute Gasteiger partial charge is 0.348 e. The van der Waals surface area contributed by atoms with E-state index in [0.717, 1.165) is 19.6 Å². The van der Waals surface area contributed by atoms with E-state index in [2.05, 4.69) is 16.5 Å². The quantitative estimate of drug-likeness (QED) is 0.699. The lowest BCUT2D eigenvalue weighted by atomic mass is 10.0. The van der Waals surface area contributed by atoms with E-state index >= 15 is 0 Å². The summed E-state index contributed by atoms with van der Waals surface area (Å²) >= 11 is 1.91. The zero-order valence-electron chi connectivity index (χ0n) is 11.9. The van der Waals surface area contributed by atoms with Gasteiger partial charge in [-0.25, -0.2) is 0 Å². The second kappa shape index (κ2) is 8.77. The van der Waals surface area contributed by atoms with Gasteiger partial charge in [-0.15, -0.1) is 0 Å². The Hall–Kier alpha value is -0.260. The number of nitrogens with zero attached hydrogens (tertiary/aromatic N) is 2. The first-order valence-electron chi connectivity index (χ1n) is 6.78. The molecule has 1 aliphatic rings. The lowest BCUT2D eigenvalue weighted by Gasteiger charge is -2.32. The third-order valence-corrected chi connectivity index (χ3v) is 4.10. The van der Waals surface area contributed by atoms with E-state index in [1.165, 1.54) is 25.0 Å². The number of nitrogens with one attached hydrogen (secondary N) is 1.